The number of rotatable bonds is 5. The number of carbonyl (C=O) groups is 1. The van der Waals surface area contributed by atoms with Crippen LogP contribution in [0.15, 0.2) is 58.4 Å². The Morgan fingerprint density at radius 3 is 3.03 bits per heavy atom. The van der Waals surface area contributed by atoms with Gasteiger partial charge >= 0.3 is 0 Å². The molecule has 152 valence electrons. The maximum Gasteiger partial charge on any atom is 0.277 e. The van der Waals surface area contributed by atoms with Crippen molar-refractivity contribution in [2.24, 2.45) is 0 Å². The average Bonchev–Trinajstić information content (AvgIpc) is 3.45. The van der Waals surface area contributed by atoms with Crippen LogP contribution < -0.4 is 0 Å². The second-order valence-corrected chi connectivity index (χ2v) is 9.09. The minimum atomic E-state index is 0.0898. The van der Waals surface area contributed by atoms with Crippen molar-refractivity contribution in [1.29, 1.82) is 0 Å². The summed E-state index contributed by atoms with van der Waals surface area (Å²) < 4.78 is 6.85. The quantitative estimate of drug-likeness (QED) is 0.432. The van der Waals surface area contributed by atoms with Crippen LogP contribution in [0.5, 0.6) is 0 Å². The molecule has 0 bridgehead atoms. The van der Waals surface area contributed by atoms with Crippen LogP contribution >= 0.6 is 23.1 Å². The van der Waals surface area contributed by atoms with Gasteiger partial charge in [0.1, 0.15) is 0 Å². The second-order valence-electron chi connectivity index (χ2n) is 7.10. The first kappa shape index (κ1) is 19.2. The maximum atomic E-state index is 12.8. The SMILES string of the molecule is O=C(CSc1nnc(-c2cccnc2)o1)N1CCC[C@@H](c2nc3ccccc3s2)C1. The molecule has 0 aliphatic carbocycles. The molecule has 4 aromatic rings. The van der Waals surface area contributed by atoms with Crippen molar-refractivity contribution >= 4 is 39.2 Å². The first-order valence-electron chi connectivity index (χ1n) is 9.76. The molecule has 30 heavy (non-hydrogen) atoms. The second kappa shape index (κ2) is 8.53. The van der Waals surface area contributed by atoms with Crippen molar-refractivity contribution in [2.75, 3.05) is 18.8 Å². The lowest BCUT2D eigenvalue weighted by Crippen LogP contribution is -2.40. The van der Waals surface area contributed by atoms with Crippen molar-refractivity contribution in [3.05, 3.63) is 53.8 Å². The average molecular weight is 438 g/mol. The van der Waals surface area contributed by atoms with E-state index < -0.39 is 0 Å². The molecule has 1 amide bonds. The fraction of sp³-hybridized carbons (Fsp3) is 0.286. The number of para-hydroxylation sites is 1. The Kier molecular flexibility index (Phi) is 5.46. The highest BCUT2D eigenvalue weighted by Gasteiger charge is 2.27. The molecule has 0 radical (unpaired) electrons. The third-order valence-electron chi connectivity index (χ3n) is 5.07. The summed E-state index contributed by atoms with van der Waals surface area (Å²) in [7, 11) is 0. The Morgan fingerprint density at radius 2 is 2.17 bits per heavy atom. The number of aromatic nitrogens is 4. The zero-order chi connectivity index (χ0) is 20.3. The van der Waals surface area contributed by atoms with Crippen molar-refractivity contribution in [3.63, 3.8) is 0 Å². The van der Waals surface area contributed by atoms with Crippen LogP contribution in [0.25, 0.3) is 21.7 Å². The molecule has 1 aromatic carbocycles. The summed E-state index contributed by atoms with van der Waals surface area (Å²) in [4.78, 5) is 23.6. The molecule has 0 saturated carbocycles. The van der Waals surface area contributed by atoms with Crippen LogP contribution in [0, 0.1) is 0 Å². The summed E-state index contributed by atoms with van der Waals surface area (Å²) in [6, 6.07) is 11.9. The molecule has 7 nitrogen and oxygen atoms in total. The minimum absolute atomic E-state index is 0.0898. The molecule has 1 atom stereocenters. The van der Waals surface area contributed by atoms with E-state index >= 15 is 0 Å². The van der Waals surface area contributed by atoms with Crippen LogP contribution in [-0.4, -0.2) is 49.8 Å². The number of benzene rings is 1. The van der Waals surface area contributed by atoms with Gasteiger partial charge in [-0.05, 0) is 37.1 Å². The third kappa shape index (κ3) is 4.08. The number of likely N-dealkylation sites (tertiary alicyclic amines) is 1. The van der Waals surface area contributed by atoms with E-state index in [0.717, 1.165) is 35.5 Å². The van der Waals surface area contributed by atoms with Gasteiger partial charge in [-0.2, -0.15) is 0 Å². The number of hydrogen-bond acceptors (Lipinski definition) is 8. The lowest BCUT2D eigenvalue weighted by molar-refractivity contribution is -0.129. The number of nitrogens with zero attached hydrogens (tertiary/aromatic N) is 5. The van der Waals surface area contributed by atoms with Crippen LogP contribution in [0.4, 0.5) is 0 Å². The lowest BCUT2D eigenvalue weighted by atomic mass is 9.99. The van der Waals surface area contributed by atoms with E-state index in [9.17, 15) is 4.79 Å². The predicted molar refractivity (Wildman–Crippen MR) is 116 cm³/mol. The van der Waals surface area contributed by atoms with Crippen LogP contribution in [0.2, 0.25) is 0 Å². The van der Waals surface area contributed by atoms with Gasteiger partial charge in [0.15, 0.2) is 0 Å². The predicted octanol–water partition coefficient (Wildman–Crippen LogP) is 4.24. The van der Waals surface area contributed by atoms with Gasteiger partial charge < -0.3 is 9.32 Å². The van der Waals surface area contributed by atoms with Crippen molar-refractivity contribution in [2.45, 2.75) is 24.0 Å². The molecule has 9 heteroatoms. The van der Waals surface area contributed by atoms with Gasteiger partial charge in [0, 0.05) is 31.4 Å². The van der Waals surface area contributed by atoms with E-state index in [2.05, 4.69) is 21.2 Å². The molecular weight excluding hydrogens is 418 g/mol. The number of amides is 1. The monoisotopic (exact) mass is 437 g/mol. The molecule has 0 unspecified atom stereocenters. The zero-order valence-corrected chi connectivity index (χ0v) is 17.7. The number of carbonyl (C=O) groups excluding carboxylic acids is 1. The van der Waals surface area contributed by atoms with Crippen LogP contribution in [-0.2, 0) is 4.79 Å². The number of thiazole rings is 1. The fourth-order valence-electron chi connectivity index (χ4n) is 3.56. The topological polar surface area (TPSA) is 85.0 Å². The molecule has 0 N–H and O–H groups in total. The zero-order valence-electron chi connectivity index (χ0n) is 16.1. The van der Waals surface area contributed by atoms with Gasteiger partial charge in [-0.1, -0.05) is 23.9 Å². The number of piperidine rings is 1. The van der Waals surface area contributed by atoms with E-state index in [-0.39, 0.29) is 11.7 Å². The molecular formula is C21H19N5O2S2. The summed E-state index contributed by atoms with van der Waals surface area (Å²) in [6.07, 6.45) is 5.41. The Labute approximate surface area is 181 Å². The van der Waals surface area contributed by atoms with Crippen molar-refractivity contribution in [3.8, 4) is 11.5 Å². The molecule has 0 spiro atoms. The van der Waals surface area contributed by atoms with Gasteiger partial charge in [0.05, 0.1) is 26.5 Å². The van der Waals surface area contributed by atoms with Crippen molar-refractivity contribution < 1.29 is 9.21 Å². The lowest BCUT2D eigenvalue weighted by Gasteiger charge is -2.31. The van der Waals surface area contributed by atoms with Gasteiger partial charge in [-0.25, -0.2) is 4.98 Å². The molecule has 4 heterocycles. The molecule has 1 fully saturated rings. The highest BCUT2D eigenvalue weighted by Crippen LogP contribution is 2.33. The highest BCUT2D eigenvalue weighted by molar-refractivity contribution is 7.99. The number of fused-ring (bicyclic) bond motifs is 1. The van der Waals surface area contributed by atoms with Gasteiger partial charge in [-0.3, -0.25) is 9.78 Å². The normalized spacial score (nSPS) is 16.8. The van der Waals surface area contributed by atoms with E-state index in [4.69, 9.17) is 9.40 Å². The molecule has 1 aliphatic rings. The molecule has 3 aromatic heterocycles. The summed E-state index contributed by atoms with van der Waals surface area (Å²) in [5.41, 5.74) is 1.80. The van der Waals surface area contributed by atoms with Gasteiger partial charge in [-0.15, -0.1) is 21.5 Å². The smallest absolute Gasteiger partial charge is 0.277 e. The van der Waals surface area contributed by atoms with E-state index in [1.807, 2.05) is 35.2 Å². The first-order valence-corrected chi connectivity index (χ1v) is 11.6. The third-order valence-corrected chi connectivity index (χ3v) is 7.07. The Bertz CT molecular complexity index is 1130. The number of pyridine rings is 1. The fourth-order valence-corrected chi connectivity index (χ4v) is 5.32. The van der Waals surface area contributed by atoms with Crippen LogP contribution in [0.1, 0.15) is 23.8 Å². The van der Waals surface area contributed by atoms with E-state index in [0.29, 0.717) is 23.6 Å². The maximum absolute atomic E-state index is 12.8. The van der Waals surface area contributed by atoms with E-state index in [1.54, 1.807) is 23.7 Å². The van der Waals surface area contributed by atoms with E-state index in [1.165, 1.54) is 16.5 Å². The Hall–Kier alpha value is -2.78. The minimum Gasteiger partial charge on any atom is -0.411 e. The molecule has 1 saturated heterocycles. The largest absolute Gasteiger partial charge is 0.411 e. The van der Waals surface area contributed by atoms with Gasteiger partial charge in [0.2, 0.25) is 11.8 Å². The van der Waals surface area contributed by atoms with Crippen LogP contribution in [0.3, 0.4) is 0 Å². The van der Waals surface area contributed by atoms with Gasteiger partial charge in [0.25, 0.3) is 5.22 Å². The number of thioether (sulfide) groups is 1. The number of hydrogen-bond donors (Lipinski definition) is 0. The summed E-state index contributed by atoms with van der Waals surface area (Å²) in [6.45, 7) is 1.50. The Morgan fingerprint density at radius 1 is 1.23 bits per heavy atom. The summed E-state index contributed by atoms with van der Waals surface area (Å²) >= 11 is 3.01. The molecule has 1 aliphatic heterocycles. The molecule has 5 rings (SSSR count). The summed E-state index contributed by atoms with van der Waals surface area (Å²) in [5, 5.41) is 9.59. The Balaban J connectivity index is 1.20. The highest BCUT2D eigenvalue weighted by atomic mass is 32.2. The first-order chi connectivity index (χ1) is 14.8. The standard InChI is InChI=1S/C21H19N5O2S2/c27-18(13-29-21-25-24-19(28-21)14-5-3-9-22-11-14)26-10-4-6-15(12-26)20-23-16-7-1-2-8-17(16)30-20/h1-3,5,7-9,11,15H,4,6,10,12-13H2/t15-/m1/s1. The summed E-state index contributed by atoms with van der Waals surface area (Å²) in [5.74, 6) is 1.07. The van der Waals surface area contributed by atoms with Crippen molar-refractivity contribution in [1.82, 2.24) is 25.1 Å².